The first kappa shape index (κ1) is 22.5. The van der Waals surface area contributed by atoms with Crippen LogP contribution in [0.2, 0.25) is 18.1 Å². The average Bonchev–Trinajstić information content (AvgIpc) is 3.14. The summed E-state index contributed by atoms with van der Waals surface area (Å²) in [5.74, 6) is 0.212. The monoisotopic (exact) mass is 450 g/mol. The smallest absolute Gasteiger partial charge is 0.192 e. The number of carbonyl (C=O) groups excluding carboxylic acids is 1. The lowest BCUT2D eigenvalue weighted by Crippen LogP contribution is -2.72. The largest absolute Gasteiger partial charge is 0.413 e. The number of hydrogen-bond acceptors (Lipinski definition) is 5. The fourth-order valence-corrected chi connectivity index (χ4v) is 9.40. The molecule has 0 aromatic heterocycles. The summed E-state index contributed by atoms with van der Waals surface area (Å²) >= 11 is 0. The van der Waals surface area contributed by atoms with Gasteiger partial charge in [0.2, 0.25) is 0 Å². The average molecular weight is 451 g/mol. The molecule has 4 bridgehead atoms. The molecule has 8 atom stereocenters. The van der Waals surface area contributed by atoms with E-state index in [-0.39, 0.29) is 40.3 Å². The zero-order chi connectivity index (χ0) is 22.8. The molecule has 0 amide bonds. The van der Waals surface area contributed by atoms with Crippen LogP contribution in [0.15, 0.2) is 0 Å². The molecule has 5 fully saturated rings. The number of Topliss-reactive ketones (excluding diaryl/α,β-unsaturated/α-hetero) is 1. The SMILES string of the molecule is CC1(C)[C@@H]2C(=O)CC[C@@]1(O)[C@H]1OC[C@H]3CC[C@H](O[Si](C)(C)C(C)(C)C)[C@@]4(C)C[C@@H]2O[C@]314. The van der Waals surface area contributed by atoms with E-state index in [1.165, 1.54) is 0 Å². The van der Waals surface area contributed by atoms with Crippen molar-refractivity contribution in [3.05, 3.63) is 0 Å². The van der Waals surface area contributed by atoms with Gasteiger partial charge in [0.25, 0.3) is 0 Å². The van der Waals surface area contributed by atoms with Crippen molar-refractivity contribution in [2.24, 2.45) is 22.7 Å². The molecule has 1 spiro atoms. The highest BCUT2D eigenvalue weighted by atomic mass is 28.4. The quantitative estimate of drug-likeness (QED) is 0.629. The molecule has 2 aliphatic carbocycles. The summed E-state index contributed by atoms with van der Waals surface area (Å²) in [6.45, 7) is 18.6. The molecule has 5 rings (SSSR count). The van der Waals surface area contributed by atoms with Crippen LogP contribution in [0.5, 0.6) is 0 Å². The third-order valence-electron chi connectivity index (χ3n) is 10.9. The molecule has 5 nitrogen and oxygen atoms in total. The lowest BCUT2D eigenvalue weighted by molar-refractivity contribution is -0.237. The Bertz CT molecular complexity index is 802. The van der Waals surface area contributed by atoms with E-state index in [1.54, 1.807) is 0 Å². The van der Waals surface area contributed by atoms with Crippen LogP contribution in [-0.2, 0) is 18.7 Å². The molecule has 6 heteroatoms. The summed E-state index contributed by atoms with van der Waals surface area (Å²) in [5, 5.41) is 12.4. The number of aliphatic hydroxyl groups is 1. The Balaban J connectivity index is 1.64. The second-order valence-corrected chi connectivity index (χ2v) is 18.3. The number of rotatable bonds is 2. The van der Waals surface area contributed by atoms with E-state index >= 15 is 0 Å². The predicted molar refractivity (Wildman–Crippen MR) is 121 cm³/mol. The Kier molecular flexibility index (Phi) is 4.53. The highest BCUT2D eigenvalue weighted by molar-refractivity contribution is 6.74. The molecule has 0 unspecified atom stereocenters. The van der Waals surface area contributed by atoms with Gasteiger partial charge in [-0.3, -0.25) is 4.79 Å². The number of carbonyl (C=O) groups is 1. The number of ether oxygens (including phenoxy) is 2. The Morgan fingerprint density at radius 1 is 1.16 bits per heavy atom. The van der Waals surface area contributed by atoms with Gasteiger partial charge in [-0.1, -0.05) is 41.5 Å². The van der Waals surface area contributed by atoms with E-state index < -0.39 is 31.0 Å². The molecule has 31 heavy (non-hydrogen) atoms. The molecule has 2 saturated carbocycles. The van der Waals surface area contributed by atoms with Gasteiger partial charge < -0.3 is 19.0 Å². The number of fused-ring (bicyclic) bond motifs is 5. The summed E-state index contributed by atoms with van der Waals surface area (Å²) in [6, 6.07) is 0. The zero-order valence-electron chi connectivity index (χ0n) is 20.7. The van der Waals surface area contributed by atoms with Crippen LogP contribution in [0.1, 0.15) is 73.6 Å². The van der Waals surface area contributed by atoms with Gasteiger partial charge in [0, 0.05) is 23.2 Å². The first-order valence-electron chi connectivity index (χ1n) is 12.3. The molecule has 5 aliphatic rings. The molecule has 0 radical (unpaired) electrons. The first-order chi connectivity index (χ1) is 14.1. The van der Waals surface area contributed by atoms with Crippen LogP contribution in [-0.4, -0.2) is 55.3 Å². The fraction of sp³-hybridized carbons (Fsp3) is 0.960. The summed E-state index contributed by atoms with van der Waals surface area (Å²) in [4.78, 5) is 13.2. The maximum Gasteiger partial charge on any atom is 0.192 e. The standard InChI is InChI=1S/C25H42O5Si/c1-21(2,3)31(7,8)30-18-10-9-15-14-28-20-24(27)12-11-16(26)19(22(24,4)5)17-13-23(18,6)25(15,20)29-17/h15,17-20,27H,9-14H2,1-8H3/t15-,17+,18+,19-,20-,23-,24-,25-/m1/s1. The Morgan fingerprint density at radius 2 is 1.84 bits per heavy atom. The molecule has 1 N–H and O–H groups in total. The van der Waals surface area contributed by atoms with Gasteiger partial charge >= 0.3 is 0 Å². The second-order valence-electron chi connectivity index (χ2n) is 13.5. The van der Waals surface area contributed by atoms with E-state index in [1.807, 2.05) is 0 Å². The van der Waals surface area contributed by atoms with E-state index in [0.717, 1.165) is 19.3 Å². The van der Waals surface area contributed by atoms with E-state index in [4.69, 9.17) is 13.9 Å². The van der Waals surface area contributed by atoms with Gasteiger partial charge in [-0.05, 0) is 43.8 Å². The fourth-order valence-electron chi connectivity index (χ4n) is 7.96. The molecule has 3 heterocycles. The van der Waals surface area contributed by atoms with Crippen LogP contribution in [0.3, 0.4) is 0 Å². The summed E-state index contributed by atoms with van der Waals surface area (Å²) in [6.07, 6.45) is 3.20. The molecule has 3 saturated heterocycles. The minimum Gasteiger partial charge on any atom is -0.413 e. The van der Waals surface area contributed by atoms with Gasteiger partial charge in [-0.25, -0.2) is 0 Å². The molecular weight excluding hydrogens is 408 g/mol. The van der Waals surface area contributed by atoms with Crippen LogP contribution >= 0.6 is 0 Å². The normalized spacial score (nSPS) is 50.9. The molecule has 0 aromatic rings. The van der Waals surface area contributed by atoms with Crippen LogP contribution in [0, 0.1) is 22.7 Å². The van der Waals surface area contributed by atoms with Crippen LogP contribution in [0.25, 0.3) is 0 Å². The number of hydrogen-bond donors (Lipinski definition) is 1. The Labute approximate surface area is 188 Å². The highest BCUT2D eigenvalue weighted by Gasteiger charge is 2.81. The van der Waals surface area contributed by atoms with Crippen LogP contribution in [0.4, 0.5) is 0 Å². The second kappa shape index (κ2) is 6.23. The third-order valence-corrected chi connectivity index (χ3v) is 15.3. The van der Waals surface area contributed by atoms with Crippen molar-refractivity contribution in [3.8, 4) is 0 Å². The first-order valence-corrected chi connectivity index (χ1v) is 15.2. The van der Waals surface area contributed by atoms with Crippen molar-refractivity contribution in [2.45, 2.75) is 121 Å². The van der Waals surface area contributed by atoms with E-state index in [9.17, 15) is 9.90 Å². The molecule has 176 valence electrons. The summed E-state index contributed by atoms with van der Waals surface area (Å²) in [7, 11) is -2.00. The molecule has 3 aliphatic heterocycles. The van der Waals surface area contributed by atoms with Gasteiger partial charge in [0.1, 0.15) is 17.5 Å². The lowest BCUT2D eigenvalue weighted by atomic mass is 9.47. The van der Waals surface area contributed by atoms with E-state index in [0.29, 0.717) is 19.4 Å². The van der Waals surface area contributed by atoms with Crippen molar-refractivity contribution in [3.63, 3.8) is 0 Å². The minimum absolute atomic E-state index is 0.0690. The Morgan fingerprint density at radius 3 is 2.48 bits per heavy atom. The van der Waals surface area contributed by atoms with Gasteiger partial charge in [0.15, 0.2) is 8.32 Å². The Hall–Kier alpha value is -0.273. The highest BCUT2D eigenvalue weighted by Crippen LogP contribution is 2.71. The van der Waals surface area contributed by atoms with E-state index in [2.05, 4.69) is 54.6 Å². The molecular formula is C25H42O5Si. The lowest BCUT2D eigenvalue weighted by Gasteiger charge is -2.60. The zero-order valence-corrected chi connectivity index (χ0v) is 21.7. The third kappa shape index (κ3) is 2.49. The summed E-state index contributed by atoms with van der Waals surface area (Å²) in [5.41, 5.74) is -2.47. The topological polar surface area (TPSA) is 65.0 Å². The maximum atomic E-state index is 13.2. The molecule has 0 aromatic carbocycles. The van der Waals surface area contributed by atoms with Gasteiger partial charge in [0.05, 0.1) is 30.3 Å². The van der Waals surface area contributed by atoms with Crippen molar-refractivity contribution in [2.75, 3.05) is 6.61 Å². The van der Waals surface area contributed by atoms with Crippen LogP contribution < -0.4 is 0 Å². The summed E-state index contributed by atoms with van der Waals surface area (Å²) < 4.78 is 20.7. The van der Waals surface area contributed by atoms with Crippen molar-refractivity contribution >= 4 is 14.1 Å². The predicted octanol–water partition coefficient (Wildman–Crippen LogP) is 4.47. The van der Waals surface area contributed by atoms with Crippen molar-refractivity contribution in [1.29, 1.82) is 0 Å². The minimum atomic E-state index is -2.00. The van der Waals surface area contributed by atoms with Crippen molar-refractivity contribution in [1.82, 2.24) is 0 Å². The van der Waals surface area contributed by atoms with Crippen molar-refractivity contribution < 1.29 is 23.8 Å². The van der Waals surface area contributed by atoms with Gasteiger partial charge in [-0.15, -0.1) is 0 Å². The van der Waals surface area contributed by atoms with Gasteiger partial charge in [-0.2, -0.15) is 0 Å². The number of ketones is 1. The maximum absolute atomic E-state index is 13.2.